The van der Waals surface area contributed by atoms with E-state index in [2.05, 4.69) is 13.0 Å². The Hall–Kier alpha value is -1.87. The fraction of sp³-hybridized carbons (Fsp3) is 0.450. The minimum absolute atomic E-state index is 0.211. The van der Waals surface area contributed by atoms with Crippen molar-refractivity contribution in [3.63, 3.8) is 0 Å². The maximum Gasteiger partial charge on any atom is 0.303 e. The van der Waals surface area contributed by atoms with Gasteiger partial charge in [-0.25, -0.2) is 0 Å². The van der Waals surface area contributed by atoms with Gasteiger partial charge < -0.3 is 10.2 Å². The molecule has 0 saturated carbocycles. The predicted octanol–water partition coefficient (Wildman–Crippen LogP) is 4.91. The standard InChI is InChI=1S/C20H28O3/c1-2-3-5-12-19(21)15-14-18-11-8-10-17(16-18)9-6-4-7-13-20(22)23/h6,8-11,14-16,19,21H,2-5,7,12-13H2,1H3,(H,22,23)/b9-6-,15-14+/t19-/m0/s1. The number of carboxylic acid groups (broad SMARTS) is 1. The van der Waals surface area contributed by atoms with Crippen LogP contribution in [0, 0.1) is 0 Å². The van der Waals surface area contributed by atoms with Crippen LogP contribution in [-0.2, 0) is 4.79 Å². The Labute approximate surface area is 139 Å². The Morgan fingerprint density at radius 1 is 1.17 bits per heavy atom. The third-order valence-electron chi connectivity index (χ3n) is 3.60. The van der Waals surface area contributed by atoms with Crippen LogP contribution in [0.2, 0.25) is 0 Å². The zero-order valence-corrected chi connectivity index (χ0v) is 13.9. The molecule has 3 heteroatoms. The normalized spacial score (nSPS) is 13.0. The fourth-order valence-corrected chi connectivity index (χ4v) is 2.28. The van der Waals surface area contributed by atoms with Crippen molar-refractivity contribution in [2.24, 2.45) is 0 Å². The van der Waals surface area contributed by atoms with Gasteiger partial charge in [0, 0.05) is 6.42 Å². The molecule has 126 valence electrons. The van der Waals surface area contributed by atoms with Gasteiger partial charge in [-0.2, -0.15) is 0 Å². The minimum Gasteiger partial charge on any atom is -0.481 e. The van der Waals surface area contributed by atoms with Crippen molar-refractivity contribution in [2.75, 3.05) is 0 Å². The second kappa shape index (κ2) is 11.7. The van der Waals surface area contributed by atoms with E-state index in [0.29, 0.717) is 6.42 Å². The highest BCUT2D eigenvalue weighted by Gasteiger charge is 1.98. The van der Waals surface area contributed by atoms with Crippen LogP contribution in [0.3, 0.4) is 0 Å². The van der Waals surface area contributed by atoms with E-state index < -0.39 is 5.97 Å². The van der Waals surface area contributed by atoms with Crippen molar-refractivity contribution in [1.82, 2.24) is 0 Å². The molecule has 1 atom stereocenters. The first-order valence-electron chi connectivity index (χ1n) is 8.46. The molecule has 0 saturated heterocycles. The zero-order valence-electron chi connectivity index (χ0n) is 13.9. The maximum atomic E-state index is 10.4. The van der Waals surface area contributed by atoms with E-state index in [-0.39, 0.29) is 12.5 Å². The molecule has 0 radical (unpaired) electrons. The number of carboxylic acids is 1. The Morgan fingerprint density at radius 2 is 1.91 bits per heavy atom. The fourth-order valence-electron chi connectivity index (χ4n) is 2.28. The van der Waals surface area contributed by atoms with Crippen LogP contribution < -0.4 is 0 Å². The van der Waals surface area contributed by atoms with Crippen molar-refractivity contribution in [2.45, 2.75) is 58.0 Å². The number of aliphatic hydroxyl groups excluding tert-OH is 1. The molecule has 0 aromatic heterocycles. The van der Waals surface area contributed by atoms with Gasteiger partial charge in [0.15, 0.2) is 0 Å². The highest BCUT2D eigenvalue weighted by molar-refractivity contribution is 5.66. The lowest BCUT2D eigenvalue weighted by Crippen LogP contribution is -2.01. The average Bonchev–Trinajstić information content (AvgIpc) is 2.53. The SMILES string of the molecule is CCCCC[C@H](O)/C=C/c1cccc(/C=C\CCCC(=O)O)c1. The molecular weight excluding hydrogens is 288 g/mol. The number of aliphatic carboxylic acids is 1. The number of benzene rings is 1. The van der Waals surface area contributed by atoms with Crippen LogP contribution in [0.15, 0.2) is 36.4 Å². The van der Waals surface area contributed by atoms with E-state index in [9.17, 15) is 9.90 Å². The number of unbranched alkanes of at least 4 members (excludes halogenated alkanes) is 3. The van der Waals surface area contributed by atoms with Crippen LogP contribution in [0.4, 0.5) is 0 Å². The Morgan fingerprint density at radius 3 is 2.61 bits per heavy atom. The van der Waals surface area contributed by atoms with E-state index in [4.69, 9.17) is 5.11 Å². The highest BCUT2D eigenvalue weighted by atomic mass is 16.4. The van der Waals surface area contributed by atoms with Gasteiger partial charge in [-0.3, -0.25) is 4.79 Å². The average molecular weight is 316 g/mol. The second-order valence-electron chi connectivity index (χ2n) is 5.78. The molecule has 0 unspecified atom stereocenters. The molecule has 0 fully saturated rings. The number of hydrogen-bond acceptors (Lipinski definition) is 2. The summed E-state index contributed by atoms with van der Waals surface area (Å²) in [6.07, 6.45) is 13.3. The summed E-state index contributed by atoms with van der Waals surface area (Å²) in [4.78, 5) is 10.4. The summed E-state index contributed by atoms with van der Waals surface area (Å²) in [7, 11) is 0. The summed E-state index contributed by atoms with van der Waals surface area (Å²) in [6, 6.07) is 8.07. The van der Waals surface area contributed by atoms with Gasteiger partial charge in [-0.15, -0.1) is 0 Å². The first-order chi connectivity index (χ1) is 11.1. The summed E-state index contributed by atoms with van der Waals surface area (Å²) in [6.45, 7) is 2.16. The summed E-state index contributed by atoms with van der Waals surface area (Å²) in [5, 5.41) is 18.5. The Balaban J connectivity index is 2.46. The number of aliphatic hydroxyl groups is 1. The van der Waals surface area contributed by atoms with Gasteiger partial charge >= 0.3 is 5.97 Å². The van der Waals surface area contributed by atoms with Crippen LogP contribution >= 0.6 is 0 Å². The van der Waals surface area contributed by atoms with E-state index in [1.807, 2.05) is 42.5 Å². The molecule has 0 aliphatic rings. The van der Waals surface area contributed by atoms with Gasteiger partial charge in [0.25, 0.3) is 0 Å². The summed E-state index contributed by atoms with van der Waals surface area (Å²) in [5.41, 5.74) is 2.15. The number of allylic oxidation sites excluding steroid dienone is 1. The van der Waals surface area contributed by atoms with Gasteiger partial charge in [0.1, 0.15) is 0 Å². The Bertz CT molecular complexity index is 517. The third kappa shape index (κ3) is 9.69. The molecule has 0 aliphatic heterocycles. The van der Waals surface area contributed by atoms with E-state index >= 15 is 0 Å². The molecule has 0 amide bonds. The first-order valence-corrected chi connectivity index (χ1v) is 8.46. The van der Waals surface area contributed by atoms with Crippen LogP contribution in [0.25, 0.3) is 12.2 Å². The third-order valence-corrected chi connectivity index (χ3v) is 3.60. The quantitative estimate of drug-likeness (QED) is 0.570. The summed E-state index contributed by atoms with van der Waals surface area (Å²) < 4.78 is 0. The minimum atomic E-state index is -0.747. The van der Waals surface area contributed by atoms with Crippen molar-refractivity contribution in [1.29, 1.82) is 0 Å². The van der Waals surface area contributed by atoms with Crippen molar-refractivity contribution in [3.8, 4) is 0 Å². The molecule has 2 N–H and O–H groups in total. The molecule has 23 heavy (non-hydrogen) atoms. The zero-order chi connectivity index (χ0) is 16.9. The monoisotopic (exact) mass is 316 g/mol. The second-order valence-corrected chi connectivity index (χ2v) is 5.78. The number of hydrogen-bond donors (Lipinski definition) is 2. The summed E-state index contributed by atoms with van der Waals surface area (Å²) >= 11 is 0. The number of rotatable bonds is 11. The molecule has 0 spiro atoms. The number of carbonyl (C=O) groups is 1. The molecule has 0 bridgehead atoms. The first kappa shape index (κ1) is 19.2. The lowest BCUT2D eigenvalue weighted by molar-refractivity contribution is -0.137. The molecule has 1 aromatic rings. The van der Waals surface area contributed by atoms with Gasteiger partial charge in [0.05, 0.1) is 6.10 Å². The van der Waals surface area contributed by atoms with Crippen LogP contribution in [-0.4, -0.2) is 22.3 Å². The molecule has 1 rings (SSSR count). The highest BCUT2D eigenvalue weighted by Crippen LogP contribution is 2.12. The molecule has 3 nitrogen and oxygen atoms in total. The predicted molar refractivity (Wildman–Crippen MR) is 96.1 cm³/mol. The lowest BCUT2D eigenvalue weighted by atomic mass is 10.1. The molecule has 0 heterocycles. The largest absolute Gasteiger partial charge is 0.481 e. The summed E-state index contributed by atoms with van der Waals surface area (Å²) in [5.74, 6) is -0.747. The van der Waals surface area contributed by atoms with Crippen molar-refractivity contribution in [3.05, 3.63) is 47.5 Å². The van der Waals surface area contributed by atoms with Crippen molar-refractivity contribution < 1.29 is 15.0 Å². The Kier molecular flexibility index (Phi) is 9.73. The van der Waals surface area contributed by atoms with E-state index in [1.54, 1.807) is 0 Å². The van der Waals surface area contributed by atoms with Crippen molar-refractivity contribution >= 4 is 18.1 Å². The maximum absolute atomic E-state index is 10.4. The lowest BCUT2D eigenvalue weighted by Gasteiger charge is -2.04. The van der Waals surface area contributed by atoms with Gasteiger partial charge in [0.2, 0.25) is 0 Å². The molecular formula is C20H28O3. The van der Waals surface area contributed by atoms with Crippen LogP contribution in [0.1, 0.15) is 63.0 Å². The van der Waals surface area contributed by atoms with E-state index in [1.165, 1.54) is 0 Å². The smallest absolute Gasteiger partial charge is 0.303 e. The van der Waals surface area contributed by atoms with Crippen LogP contribution in [0.5, 0.6) is 0 Å². The van der Waals surface area contributed by atoms with Gasteiger partial charge in [-0.1, -0.05) is 68.7 Å². The van der Waals surface area contributed by atoms with Gasteiger partial charge in [-0.05, 0) is 36.5 Å². The topological polar surface area (TPSA) is 57.5 Å². The molecule has 1 aromatic carbocycles. The van der Waals surface area contributed by atoms with E-state index in [0.717, 1.165) is 43.2 Å². The molecule has 0 aliphatic carbocycles.